The molecule has 0 amide bonds. The van der Waals surface area contributed by atoms with Gasteiger partial charge in [0.05, 0.1) is 13.2 Å². The van der Waals surface area contributed by atoms with Crippen LogP contribution in [-0.4, -0.2) is 65.7 Å². The van der Waals surface area contributed by atoms with Crippen LogP contribution in [0, 0.1) is 0 Å². The van der Waals surface area contributed by atoms with Crippen molar-refractivity contribution in [1.29, 1.82) is 0 Å². The molecule has 0 aromatic heterocycles. The van der Waals surface area contributed by atoms with Crippen molar-refractivity contribution in [2.45, 2.75) is 206 Å². The lowest BCUT2D eigenvalue weighted by atomic mass is 10.1. The molecule has 0 rings (SSSR count). The maximum atomic E-state index is 12.1. The highest BCUT2D eigenvalue weighted by molar-refractivity contribution is 7.47. The van der Waals surface area contributed by atoms with Gasteiger partial charge in [0.25, 0.3) is 0 Å². The summed E-state index contributed by atoms with van der Waals surface area (Å²) >= 11 is 0. The highest BCUT2D eigenvalue weighted by Gasteiger charge is 2.25. The van der Waals surface area contributed by atoms with Crippen LogP contribution in [0.15, 0.2) is 24.3 Å². The van der Waals surface area contributed by atoms with Gasteiger partial charge < -0.3 is 24.6 Å². The van der Waals surface area contributed by atoms with Gasteiger partial charge in [0.2, 0.25) is 0 Å². The van der Waals surface area contributed by atoms with E-state index >= 15 is 0 Å². The van der Waals surface area contributed by atoms with E-state index in [1.807, 2.05) is 0 Å². The number of unbranched alkanes of at least 4 members (excludes halogenated alkanes) is 22. The first-order valence-electron chi connectivity index (χ1n) is 21.3. The number of ether oxygens (including phenoxy) is 2. The summed E-state index contributed by atoms with van der Waals surface area (Å²) in [6.45, 7) is 2.52. The predicted octanol–water partition coefficient (Wildman–Crippen LogP) is 11.0. The molecule has 0 aromatic rings. The molecule has 0 saturated heterocycles. The first kappa shape index (κ1) is 51.5. The van der Waals surface area contributed by atoms with Crippen LogP contribution in [0.1, 0.15) is 194 Å². The second kappa shape index (κ2) is 38.7. The van der Waals surface area contributed by atoms with Gasteiger partial charge in [-0.05, 0) is 64.2 Å². The lowest BCUT2D eigenvalue weighted by Crippen LogP contribution is -2.25. The fourth-order valence-corrected chi connectivity index (χ4v) is 6.49. The van der Waals surface area contributed by atoms with Crippen molar-refractivity contribution in [2.24, 2.45) is 0 Å². The van der Waals surface area contributed by atoms with Crippen LogP contribution in [0.25, 0.3) is 0 Å². The Morgan fingerprint density at radius 1 is 0.472 bits per heavy atom. The molecule has 0 aliphatic carbocycles. The molecular formula is C42H79O10P. The standard InChI is InChI=1S/C42H79O10P/c1-3-5-7-9-11-13-15-17-19-21-23-25-27-29-31-33-41(45)49-35-39(43)37-51-53(47,48)52-38-40(44)36-50-42(46)34-32-30-28-26-24-22-20-18-16-14-12-10-8-6-4-2/h17-20,39-40,43-44H,3-16,21-38H2,1-2H3,(H,47,48)/b19-17-,20-18-/t39-,40-/m0/s1. The van der Waals surface area contributed by atoms with E-state index in [1.54, 1.807) is 0 Å². The zero-order valence-electron chi connectivity index (χ0n) is 33.7. The summed E-state index contributed by atoms with van der Waals surface area (Å²) < 4.78 is 31.7. The molecule has 3 N–H and O–H groups in total. The average molecular weight is 775 g/mol. The van der Waals surface area contributed by atoms with Crippen LogP contribution in [-0.2, 0) is 32.7 Å². The summed E-state index contributed by atoms with van der Waals surface area (Å²) in [6.07, 6.45) is 37.3. The second-order valence-corrected chi connectivity index (χ2v) is 15.9. The van der Waals surface area contributed by atoms with Crippen LogP contribution in [0.4, 0.5) is 0 Å². The smallest absolute Gasteiger partial charge is 0.463 e. The van der Waals surface area contributed by atoms with E-state index in [2.05, 4.69) is 38.2 Å². The molecule has 0 fully saturated rings. The summed E-state index contributed by atoms with van der Waals surface area (Å²) in [5.41, 5.74) is 0. The number of esters is 2. The van der Waals surface area contributed by atoms with Gasteiger partial charge in [0.15, 0.2) is 0 Å². The van der Waals surface area contributed by atoms with Crippen molar-refractivity contribution in [1.82, 2.24) is 0 Å². The molecule has 10 nitrogen and oxygen atoms in total. The Morgan fingerprint density at radius 2 is 0.755 bits per heavy atom. The number of allylic oxidation sites excluding steroid dienone is 4. The summed E-state index contributed by atoms with van der Waals surface area (Å²) in [7, 11) is -4.60. The molecule has 0 unspecified atom stereocenters. The highest BCUT2D eigenvalue weighted by Crippen LogP contribution is 2.43. The van der Waals surface area contributed by atoms with Gasteiger partial charge in [-0.15, -0.1) is 0 Å². The second-order valence-electron chi connectivity index (χ2n) is 14.4. The summed E-state index contributed by atoms with van der Waals surface area (Å²) in [4.78, 5) is 33.8. The molecule has 0 aromatic carbocycles. The summed E-state index contributed by atoms with van der Waals surface area (Å²) in [5.74, 6) is -0.889. The van der Waals surface area contributed by atoms with Crippen molar-refractivity contribution in [2.75, 3.05) is 26.4 Å². The SMILES string of the molecule is CCCCCCCC/C=C\CCCCCCCC(=O)OC[C@H](O)COP(=O)(O)OC[C@@H](O)COC(=O)CCCCCCC/C=C\CCCCCCCC. The number of phosphoric acid groups is 1. The fraction of sp³-hybridized carbons (Fsp3) is 0.857. The Morgan fingerprint density at radius 3 is 1.08 bits per heavy atom. The number of phosphoric ester groups is 1. The molecule has 0 saturated carbocycles. The minimum absolute atomic E-state index is 0.243. The zero-order chi connectivity index (χ0) is 39.1. The van der Waals surface area contributed by atoms with Crippen LogP contribution in [0.5, 0.6) is 0 Å². The minimum atomic E-state index is -4.60. The van der Waals surface area contributed by atoms with Gasteiger partial charge in [-0.25, -0.2) is 4.57 Å². The largest absolute Gasteiger partial charge is 0.472 e. The molecule has 312 valence electrons. The molecule has 2 atom stereocenters. The van der Waals surface area contributed by atoms with E-state index < -0.39 is 45.2 Å². The Hall–Kier alpha value is -1.55. The van der Waals surface area contributed by atoms with Gasteiger partial charge in [0, 0.05) is 12.8 Å². The number of carbonyl (C=O) groups excluding carboxylic acids is 2. The monoisotopic (exact) mass is 775 g/mol. The molecule has 53 heavy (non-hydrogen) atoms. The third kappa shape index (κ3) is 39.9. The van der Waals surface area contributed by atoms with Crippen molar-refractivity contribution < 1.29 is 47.8 Å². The zero-order valence-corrected chi connectivity index (χ0v) is 34.6. The average Bonchev–Trinajstić information content (AvgIpc) is 3.14. The Kier molecular flexibility index (Phi) is 37.6. The van der Waals surface area contributed by atoms with E-state index in [0.29, 0.717) is 12.8 Å². The van der Waals surface area contributed by atoms with Crippen molar-refractivity contribution in [3.63, 3.8) is 0 Å². The van der Waals surface area contributed by atoms with Crippen LogP contribution >= 0.6 is 7.82 Å². The molecule has 0 heterocycles. The van der Waals surface area contributed by atoms with Crippen molar-refractivity contribution in [3.05, 3.63) is 24.3 Å². The molecule has 0 radical (unpaired) electrons. The maximum absolute atomic E-state index is 12.1. The van der Waals surface area contributed by atoms with Crippen molar-refractivity contribution in [3.8, 4) is 0 Å². The van der Waals surface area contributed by atoms with E-state index in [9.17, 15) is 29.3 Å². The number of aliphatic hydroxyl groups excluding tert-OH is 2. The minimum Gasteiger partial charge on any atom is -0.463 e. The van der Waals surface area contributed by atoms with Gasteiger partial charge in [0.1, 0.15) is 25.4 Å². The quantitative estimate of drug-likeness (QED) is 0.0238. The number of hydrogen-bond acceptors (Lipinski definition) is 9. The predicted molar refractivity (Wildman–Crippen MR) is 215 cm³/mol. The van der Waals surface area contributed by atoms with E-state index in [1.165, 1.54) is 89.9 Å². The summed E-state index contributed by atoms with van der Waals surface area (Å²) in [6, 6.07) is 0. The van der Waals surface area contributed by atoms with E-state index in [4.69, 9.17) is 18.5 Å². The Bertz CT molecular complexity index is 871. The topological polar surface area (TPSA) is 149 Å². The van der Waals surface area contributed by atoms with E-state index in [-0.39, 0.29) is 26.1 Å². The first-order chi connectivity index (χ1) is 25.7. The highest BCUT2D eigenvalue weighted by atomic mass is 31.2. The molecular weight excluding hydrogens is 695 g/mol. The lowest BCUT2D eigenvalue weighted by molar-refractivity contribution is -0.147. The van der Waals surface area contributed by atoms with Gasteiger partial charge in [-0.2, -0.15) is 0 Å². The number of hydrogen-bond donors (Lipinski definition) is 3. The molecule has 11 heteroatoms. The first-order valence-corrected chi connectivity index (χ1v) is 22.8. The van der Waals surface area contributed by atoms with Gasteiger partial charge in [-0.3, -0.25) is 18.6 Å². The molecule has 0 aliphatic rings. The number of rotatable bonds is 40. The van der Waals surface area contributed by atoms with Gasteiger partial charge >= 0.3 is 19.8 Å². The number of carbonyl (C=O) groups is 2. The third-order valence-electron chi connectivity index (χ3n) is 9.02. The fourth-order valence-electron chi connectivity index (χ4n) is 5.70. The van der Waals surface area contributed by atoms with Crippen molar-refractivity contribution >= 4 is 19.8 Å². The van der Waals surface area contributed by atoms with Crippen LogP contribution < -0.4 is 0 Å². The molecule has 0 aliphatic heterocycles. The molecule has 0 spiro atoms. The van der Waals surface area contributed by atoms with Gasteiger partial charge in [-0.1, -0.05) is 141 Å². The third-order valence-corrected chi connectivity index (χ3v) is 9.97. The Balaban J connectivity index is 3.71. The Labute approximate surface area is 323 Å². The van der Waals surface area contributed by atoms with Crippen LogP contribution in [0.3, 0.4) is 0 Å². The summed E-state index contributed by atoms with van der Waals surface area (Å²) in [5, 5.41) is 20.0. The molecule has 0 bridgehead atoms. The van der Waals surface area contributed by atoms with Crippen LogP contribution in [0.2, 0.25) is 0 Å². The lowest BCUT2D eigenvalue weighted by Gasteiger charge is -2.17. The normalized spacial score (nSPS) is 13.2. The van der Waals surface area contributed by atoms with E-state index in [0.717, 1.165) is 64.2 Å². The maximum Gasteiger partial charge on any atom is 0.472 e. The number of aliphatic hydroxyl groups is 2.